The van der Waals surface area contributed by atoms with Gasteiger partial charge in [-0.2, -0.15) is 0 Å². The predicted molar refractivity (Wildman–Crippen MR) is 90.3 cm³/mol. The minimum atomic E-state index is -3.65. The summed E-state index contributed by atoms with van der Waals surface area (Å²) in [6.07, 6.45) is 6.00. The fourth-order valence-electron chi connectivity index (χ4n) is 2.88. The number of benzene rings is 1. The van der Waals surface area contributed by atoms with E-state index in [9.17, 15) is 13.2 Å². The van der Waals surface area contributed by atoms with E-state index >= 15 is 0 Å². The number of amides is 1. The van der Waals surface area contributed by atoms with Crippen molar-refractivity contribution in [2.75, 3.05) is 13.2 Å². The third-order valence-corrected chi connectivity index (χ3v) is 6.04. The second-order valence-corrected chi connectivity index (χ2v) is 8.24. The molecule has 2 N–H and O–H groups in total. The molecular formula is C17H24N2O4S. The molecule has 2 fully saturated rings. The van der Waals surface area contributed by atoms with Crippen LogP contribution in [0.2, 0.25) is 0 Å². The van der Waals surface area contributed by atoms with Crippen LogP contribution in [0.15, 0.2) is 29.2 Å². The summed E-state index contributed by atoms with van der Waals surface area (Å²) in [7, 11) is -3.65. The van der Waals surface area contributed by atoms with Gasteiger partial charge in [-0.1, -0.05) is 6.07 Å². The summed E-state index contributed by atoms with van der Waals surface area (Å²) < 4.78 is 33.0. The standard InChI is InChI=1S/C17H24N2O4S/c20-17(19-14-6-4-7-14)13-5-3-9-16(11-13)24(21,22)18-12-15-8-1-2-10-23-15/h3,5,9,11,14-15,18H,1-2,4,6-8,10,12H2,(H,19,20). The number of carbonyl (C=O) groups excluding carboxylic acids is 1. The van der Waals surface area contributed by atoms with Crippen LogP contribution in [-0.2, 0) is 14.8 Å². The Kier molecular flexibility index (Phi) is 5.53. The Labute approximate surface area is 143 Å². The smallest absolute Gasteiger partial charge is 0.251 e. The van der Waals surface area contributed by atoms with Crippen LogP contribution in [0, 0.1) is 0 Å². The van der Waals surface area contributed by atoms with E-state index in [1.807, 2.05) is 0 Å². The van der Waals surface area contributed by atoms with Gasteiger partial charge in [-0.3, -0.25) is 4.79 Å². The van der Waals surface area contributed by atoms with Gasteiger partial charge in [0.25, 0.3) is 5.91 Å². The molecule has 6 nitrogen and oxygen atoms in total. The molecular weight excluding hydrogens is 328 g/mol. The summed E-state index contributed by atoms with van der Waals surface area (Å²) >= 11 is 0. The molecule has 0 spiro atoms. The third kappa shape index (κ3) is 4.34. The van der Waals surface area contributed by atoms with Crippen molar-refractivity contribution >= 4 is 15.9 Å². The van der Waals surface area contributed by atoms with Gasteiger partial charge >= 0.3 is 0 Å². The monoisotopic (exact) mass is 352 g/mol. The molecule has 1 aliphatic heterocycles. The molecule has 1 aromatic carbocycles. The van der Waals surface area contributed by atoms with Crippen LogP contribution in [0.25, 0.3) is 0 Å². The van der Waals surface area contributed by atoms with Gasteiger partial charge in [0, 0.05) is 24.8 Å². The first-order chi connectivity index (χ1) is 11.5. The molecule has 1 aromatic rings. The van der Waals surface area contributed by atoms with Crippen LogP contribution >= 0.6 is 0 Å². The Hall–Kier alpha value is -1.44. The van der Waals surface area contributed by atoms with Gasteiger partial charge in [-0.05, 0) is 56.7 Å². The van der Waals surface area contributed by atoms with E-state index in [2.05, 4.69) is 10.0 Å². The average Bonchev–Trinajstić information content (AvgIpc) is 2.57. The highest BCUT2D eigenvalue weighted by Crippen LogP contribution is 2.19. The highest BCUT2D eigenvalue weighted by atomic mass is 32.2. The predicted octanol–water partition coefficient (Wildman–Crippen LogP) is 1.82. The van der Waals surface area contributed by atoms with Crippen LogP contribution in [-0.4, -0.2) is 39.6 Å². The Morgan fingerprint density at radius 3 is 2.67 bits per heavy atom. The Morgan fingerprint density at radius 2 is 2.00 bits per heavy atom. The fraction of sp³-hybridized carbons (Fsp3) is 0.588. The average molecular weight is 352 g/mol. The lowest BCUT2D eigenvalue weighted by Gasteiger charge is -2.26. The summed E-state index contributed by atoms with van der Waals surface area (Å²) in [6, 6.07) is 6.39. The van der Waals surface area contributed by atoms with Crippen LogP contribution in [0.5, 0.6) is 0 Å². The van der Waals surface area contributed by atoms with E-state index in [0.29, 0.717) is 12.2 Å². The number of carbonyl (C=O) groups is 1. The maximum Gasteiger partial charge on any atom is 0.251 e. The van der Waals surface area contributed by atoms with E-state index < -0.39 is 10.0 Å². The number of ether oxygens (including phenoxy) is 1. The van der Waals surface area contributed by atoms with E-state index in [1.165, 1.54) is 12.1 Å². The quantitative estimate of drug-likeness (QED) is 0.818. The first-order valence-electron chi connectivity index (χ1n) is 8.57. The zero-order valence-electron chi connectivity index (χ0n) is 13.7. The molecule has 1 saturated carbocycles. The maximum atomic E-state index is 12.4. The minimum absolute atomic E-state index is 0.0707. The molecule has 132 valence electrons. The lowest BCUT2D eigenvalue weighted by molar-refractivity contribution is 0.0200. The Balaban J connectivity index is 1.63. The number of hydrogen-bond acceptors (Lipinski definition) is 4. The van der Waals surface area contributed by atoms with Gasteiger partial charge in [-0.25, -0.2) is 13.1 Å². The molecule has 1 unspecified atom stereocenters. The van der Waals surface area contributed by atoms with Crippen molar-refractivity contribution in [2.45, 2.75) is 55.6 Å². The summed E-state index contributed by atoms with van der Waals surface area (Å²) in [5.74, 6) is -0.215. The van der Waals surface area contributed by atoms with Gasteiger partial charge in [-0.15, -0.1) is 0 Å². The van der Waals surface area contributed by atoms with Crippen molar-refractivity contribution in [1.82, 2.24) is 10.0 Å². The molecule has 1 aliphatic carbocycles. The molecule has 0 bridgehead atoms. The second kappa shape index (κ2) is 7.63. The van der Waals surface area contributed by atoms with Crippen molar-refractivity contribution in [3.8, 4) is 0 Å². The van der Waals surface area contributed by atoms with E-state index in [4.69, 9.17) is 4.74 Å². The van der Waals surface area contributed by atoms with Gasteiger partial charge in [0.05, 0.1) is 11.0 Å². The first-order valence-corrected chi connectivity index (χ1v) is 10.0. The zero-order valence-corrected chi connectivity index (χ0v) is 14.5. The second-order valence-electron chi connectivity index (χ2n) is 6.47. The molecule has 3 rings (SSSR count). The summed E-state index contributed by atoms with van der Waals surface area (Å²) in [5.41, 5.74) is 0.374. The third-order valence-electron chi connectivity index (χ3n) is 4.62. The molecule has 1 atom stereocenters. The molecule has 1 amide bonds. The Morgan fingerprint density at radius 1 is 1.17 bits per heavy atom. The molecule has 1 saturated heterocycles. The highest BCUT2D eigenvalue weighted by molar-refractivity contribution is 7.89. The molecule has 24 heavy (non-hydrogen) atoms. The van der Waals surface area contributed by atoms with E-state index in [0.717, 1.165) is 38.5 Å². The van der Waals surface area contributed by atoms with E-state index in [-0.39, 0.29) is 29.5 Å². The normalized spacial score (nSPS) is 21.9. The summed E-state index contributed by atoms with van der Waals surface area (Å²) in [6.45, 7) is 0.948. The van der Waals surface area contributed by atoms with Gasteiger partial charge < -0.3 is 10.1 Å². The molecule has 2 aliphatic rings. The molecule has 1 heterocycles. The van der Waals surface area contributed by atoms with Crippen LogP contribution < -0.4 is 10.0 Å². The van der Waals surface area contributed by atoms with Crippen molar-refractivity contribution in [2.24, 2.45) is 0 Å². The highest BCUT2D eigenvalue weighted by Gasteiger charge is 2.22. The maximum absolute atomic E-state index is 12.4. The van der Waals surface area contributed by atoms with Crippen molar-refractivity contribution in [3.05, 3.63) is 29.8 Å². The lowest BCUT2D eigenvalue weighted by atomic mass is 9.93. The van der Waals surface area contributed by atoms with Crippen LogP contribution in [0.4, 0.5) is 0 Å². The first kappa shape index (κ1) is 17.4. The van der Waals surface area contributed by atoms with Gasteiger partial charge in [0.1, 0.15) is 0 Å². The lowest BCUT2D eigenvalue weighted by Crippen LogP contribution is -2.39. The topological polar surface area (TPSA) is 84.5 Å². The van der Waals surface area contributed by atoms with Crippen molar-refractivity contribution < 1.29 is 17.9 Å². The van der Waals surface area contributed by atoms with Crippen LogP contribution in [0.3, 0.4) is 0 Å². The summed E-state index contributed by atoms with van der Waals surface area (Å²) in [5, 5.41) is 2.92. The fourth-order valence-corrected chi connectivity index (χ4v) is 3.99. The number of sulfonamides is 1. The minimum Gasteiger partial charge on any atom is -0.377 e. The largest absolute Gasteiger partial charge is 0.377 e. The molecule has 0 aromatic heterocycles. The van der Waals surface area contributed by atoms with Crippen LogP contribution in [0.1, 0.15) is 48.9 Å². The molecule has 0 radical (unpaired) electrons. The molecule has 7 heteroatoms. The number of hydrogen-bond donors (Lipinski definition) is 2. The van der Waals surface area contributed by atoms with Gasteiger partial charge in [0.2, 0.25) is 10.0 Å². The zero-order chi connectivity index (χ0) is 17.0. The number of nitrogens with one attached hydrogen (secondary N) is 2. The van der Waals surface area contributed by atoms with Crippen molar-refractivity contribution in [3.63, 3.8) is 0 Å². The summed E-state index contributed by atoms with van der Waals surface area (Å²) in [4.78, 5) is 12.3. The van der Waals surface area contributed by atoms with Crippen molar-refractivity contribution in [1.29, 1.82) is 0 Å². The Bertz CT molecular complexity index is 680. The number of rotatable bonds is 6. The van der Waals surface area contributed by atoms with E-state index in [1.54, 1.807) is 12.1 Å². The van der Waals surface area contributed by atoms with Gasteiger partial charge in [0.15, 0.2) is 0 Å². The SMILES string of the molecule is O=C(NC1CCC1)c1cccc(S(=O)(=O)NCC2CCCCO2)c1.